The number of carbonyl (C=O) groups excluding carboxylic acids is 1. The lowest BCUT2D eigenvalue weighted by atomic mass is 9.87. The Hall–Kier alpha value is -5.68. The Kier molecular flexibility index (Phi) is 12.2. The highest BCUT2D eigenvalue weighted by Crippen LogP contribution is 2.39. The minimum Gasteiger partial charge on any atom is -0.460 e. The average molecular weight is 771 g/mol. The Morgan fingerprint density at radius 1 is 0.707 bits per heavy atom. The first-order chi connectivity index (χ1) is 27.9. The van der Waals surface area contributed by atoms with E-state index in [2.05, 4.69) is 180 Å². The minimum absolute atomic E-state index is 0.0523. The third-order valence-electron chi connectivity index (χ3n) is 12.1. The van der Waals surface area contributed by atoms with Crippen LogP contribution in [0.4, 0.5) is 22.7 Å². The first-order valence-corrected chi connectivity index (χ1v) is 21.1. The van der Waals surface area contributed by atoms with E-state index in [0.717, 1.165) is 76.2 Å². The van der Waals surface area contributed by atoms with Gasteiger partial charge in [-0.25, -0.2) is 4.99 Å². The number of hydrogen-bond donors (Lipinski definition) is 3. The predicted octanol–water partition coefficient (Wildman–Crippen LogP) is 11.8. The molecule has 5 aromatic rings. The van der Waals surface area contributed by atoms with Crippen LogP contribution in [0.15, 0.2) is 115 Å². The lowest BCUT2D eigenvalue weighted by Crippen LogP contribution is -2.66. The highest BCUT2D eigenvalue weighted by Gasteiger charge is 2.31. The molecule has 3 atom stereocenters. The lowest BCUT2D eigenvalue weighted by Gasteiger charge is -2.34. The van der Waals surface area contributed by atoms with Crippen LogP contribution in [-0.2, 0) is 9.53 Å². The molecule has 5 nitrogen and oxygen atoms in total. The molecule has 0 aromatic heterocycles. The molecule has 7 rings (SSSR count). The Balaban J connectivity index is 1.28. The summed E-state index contributed by atoms with van der Waals surface area (Å²) >= 11 is 0. The summed E-state index contributed by atoms with van der Waals surface area (Å²) in [4.78, 5) is 16.8. The van der Waals surface area contributed by atoms with Gasteiger partial charge in [0.2, 0.25) is 11.4 Å². The topological polar surface area (TPSA) is 64.3 Å². The summed E-state index contributed by atoms with van der Waals surface area (Å²) in [5, 5.41) is 9.90. The zero-order valence-electron chi connectivity index (χ0n) is 35.8. The second kappa shape index (κ2) is 17.4. The number of anilines is 3. The number of esters is 1. The molecule has 298 valence electrons. The number of nitrogens with one attached hydrogen (secondary N) is 3. The molecule has 58 heavy (non-hydrogen) atoms. The van der Waals surface area contributed by atoms with Gasteiger partial charge in [0.25, 0.3) is 0 Å². The Labute approximate surface area is 346 Å². The fourth-order valence-electron chi connectivity index (χ4n) is 8.74. The molecule has 3 N–H and O–H groups in total. The van der Waals surface area contributed by atoms with Crippen LogP contribution in [0.1, 0.15) is 91.0 Å². The standard InChI is InChI=1S/C53H59N3O2/c1-32(2)39(9)53(57)58-49-17-13-12-16-48(49)56-47-27-26-46(44-14-10-11-15-45(44)47)50(40-18-22-42(23-19-40)54-51-35(5)28-33(3)29-36(51)6)41-20-24-43(25-21-41)55-52-37(7)30-34(4)31-38(52)8/h10-11,14-15,18-32,39,48-49,54,56H,12-13,16-17H2,1-9H3/p+1. The molecule has 0 radical (unpaired) electrons. The molecule has 5 heteroatoms. The van der Waals surface area contributed by atoms with Gasteiger partial charge in [-0.05, 0) is 148 Å². The van der Waals surface area contributed by atoms with Gasteiger partial charge in [0.15, 0.2) is 0 Å². The molecule has 1 saturated carbocycles. The van der Waals surface area contributed by atoms with Gasteiger partial charge in [0, 0.05) is 45.7 Å². The maximum atomic E-state index is 13.1. The van der Waals surface area contributed by atoms with Crippen LogP contribution in [0.2, 0.25) is 0 Å². The predicted molar refractivity (Wildman–Crippen MR) is 245 cm³/mol. The third-order valence-corrected chi connectivity index (χ3v) is 12.1. The van der Waals surface area contributed by atoms with E-state index >= 15 is 0 Å². The van der Waals surface area contributed by atoms with E-state index < -0.39 is 0 Å². The van der Waals surface area contributed by atoms with Gasteiger partial charge in [-0.3, -0.25) is 4.79 Å². The zero-order valence-corrected chi connectivity index (χ0v) is 35.8. The molecule has 0 spiro atoms. The van der Waals surface area contributed by atoms with Gasteiger partial charge in [-0.15, -0.1) is 0 Å². The monoisotopic (exact) mass is 770 g/mol. The summed E-state index contributed by atoms with van der Waals surface area (Å²) in [5.74, 6) is 0.0226. The van der Waals surface area contributed by atoms with Gasteiger partial charge >= 0.3 is 5.97 Å². The summed E-state index contributed by atoms with van der Waals surface area (Å²) in [7, 11) is 0. The van der Waals surface area contributed by atoms with Crippen molar-refractivity contribution in [1.29, 1.82) is 0 Å². The van der Waals surface area contributed by atoms with Crippen LogP contribution in [0, 0.1) is 53.4 Å². The van der Waals surface area contributed by atoms with Crippen molar-refractivity contribution in [3.8, 4) is 0 Å². The maximum absolute atomic E-state index is 13.1. The van der Waals surface area contributed by atoms with Gasteiger partial charge in [0.1, 0.15) is 6.10 Å². The van der Waals surface area contributed by atoms with E-state index in [-0.39, 0.29) is 30.0 Å². The number of fused-ring (bicyclic) bond motifs is 1. The van der Waals surface area contributed by atoms with Crippen molar-refractivity contribution in [2.24, 2.45) is 11.8 Å². The molecule has 0 aliphatic heterocycles. The fourth-order valence-corrected chi connectivity index (χ4v) is 8.74. The first-order valence-electron chi connectivity index (χ1n) is 21.1. The number of aryl methyl sites for hydroxylation is 6. The molecule has 0 amide bonds. The molecule has 0 heterocycles. The average Bonchev–Trinajstić information content (AvgIpc) is 3.20. The SMILES string of the molecule is Cc1cc(C)c(Nc2ccc(C(=C3C=CC(=[NH+]c4c(C)cc(C)cc4C)C=C3)c3ccc(NC4CCCCC4OC(=O)C(C)C(C)C)c4ccccc34)cc2)c(C)c1. The van der Waals surface area contributed by atoms with Crippen LogP contribution in [0.5, 0.6) is 0 Å². The largest absolute Gasteiger partial charge is 0.460 e. The Morgan fingerprint density at radius 2 is 1.31 bits per heavy atom. The number of rotatable bonds is 10. The second-order valence-corrected chi connectivity index (χ2v) is 17.1. The smallest absolute Gasteiger partial charge is 0.309 e. The summed E-state index contributed by atoms with van der Waals surface area (Å²) in [5.41, 5.74) is 17.6. The maximum Gasteiger partial charge on any atom is 0.309 e. The van der Waals surface area contributed by atoms with E-state index in [4.69, 9.17) is 4.74 Å². The normalized spacial score (nSPS) is 17.1. The van der Waals surface area contributed by atoms with Crippen molar-refractivity contribution in [1.82, 2.24) is 0 Å². The lowest BCUT2D eigenvalue weighted by molar-refractivity contribution is -0.352. The van der Waals surface area contributed by atoms with Gasteiger partial charge in [-0.2, -0.15) is 0 Å². The summed E-state index contributed by atoms with van der Waals surface area (Å²) in [6.07, 6.45) is 12.7. The van der Waals surface area contributed by atoms with Crippen molar-refractivity contribution in [2.75, 3.05) is 10.6 Å². The van der Waals surface area contributed by atoms with Crippen molar-refractivity contribution in [2.45, 2.75) is 100 Å². The van der Waals surface area contributed by atoms with E-state index in [9.17, 15) is 4.79 Å². The minimum atomic E-state index is -0.151. The number of allylic oxidation sites excluding steroid dienone is 5. The summed E-state index contributed by atoms with van der Waals surface area (Å²) < 4.78 is 6.20. The van der Waals surface area contributed by atoms with Gasteiger partial charge in [0.05, 0.1) is 12.0 Å². The second-order valence-electron chi connectivity index (χ2n) is 17.1. The molecule has 0 saturated heterocycles. The molecule has 0 bridgehead atoms. The number of hydrogen-bond acceptors (Lipinski definition) is 4. The van der Waals surface area contributed by atoms with Crippen LogP contribution in [0.25, 0.3) is 16.3 Å². The summed E-state index contributed by atoms with van der Waals surface area (Å²) in [6.45, 7) is 19.1. The quantitative estimate of drug-likeness (QED) is 0.124. The van der Waals surface area contributed by atoms with Gasteiger partial charge < -0.3 is 15.4 Å². The molecule has 2 aliphatic carbocycles. The van der Waals surface area contributed by atoms with Crippen LogP contribution in [0.3, 0.4) is 0 Å². The van der Waals surface area contributed by atoms with E-state index in [1.54, 1.807) is 0 Å². The zero-order chi connectivity index (χ0) is 41.1. The molecular weight excluding hydrogens is 711 g/mol. The van der Waals surface area contributed by atoms with Gasteiger partial charge in [-0.1, -0.05) is 92.9 Å². The molecule has 1 fully saturated rings. The van der Waals surface area contributed by atoms with E-state index in [1.807, 2.05) is 6.92 Å². The fraction of sp³-hybridized carbons (Fsp3) is 0.321. The highest BCUT2D eigenvalue weighted by molar-refractivity contribution is 6.07. The van der Waals surface area contributed by atoms with Crippen LogP contribution < -0.4 is 15.6 Å². The molecular formula is C53H60N3O2+. The molecule has 5 aromatic carbocycles. The van der Waals surface area contributed by atoms with E-state index in [1.165, 1.54) is 44.3 Å². The third kappa shape index (κ3) is 8.89. The number of carbonyl (C=O) groups is 1. The van der Waals surface area contributed by atoms with Crippen molar-refractivity contribution in [3.05, 3.63) is 159 Å². The van der Waals surface area contributed by atoms with Crippen molar-refractivity contribution in [3.63, 3.8) is 0 Å². The first kappa shape index (κ1) is 40.5. The van der Waals surface area contributed by atoms with Crippen molar-refractivity contribution >= 4 is 50.8 Å². The van der Waals surface area contributed by atoms with Crippen LogP contribution >= 0.6 is 0 Å². The van der Waals surface area contributed by atoms with E-state index in [0.29, 0.717) is 0 Å². The summed E-state index contributed by atoms with van der Waals surface area (Å²) in [6, 6.07) is 31.0. The van der Waals surface area contributed by atoms with Crippen LogP contribution in [-0.4, -0.2) is 23.8 Å². The number of benzene rings is 5. The molecule has 2 aliphatic rings. The highest BCUT2D eigenvalue weighted by atomic mass is 16.5. The van der Waals surface area contributed by atoms with Crippen molar-refractivity contribution < 1.29 is 14.5 Å². The Morgan fingerprint density at radius 3 is 1.95 bits per heavy atom. The Bertz CT molecular complexity index is 2400. The molecule has 3 unspecified atom stereocenters. The number of ether oxygens (including phenoxy) is 1.